The van der Waals surface area contributed by atoms with Crippen LogP contribution in [0.4, 0.5) is 0 Å². The van der Waals surface area contributed by atoms with Gasteiger partial charge in [0.05, 0.1) is 0 Å². The van der Waals surface area contributed by atoms with E-state index in [9.17, 15) is 9.59 Å². The van der Waals surface area contributed by atoms with Crippen molar-refractivity contribution < 1.29 is 9.59 Å². The molecule has 2 amide bonds. The minimum absolute atomic E-state index is 0. The van der Waals surface area contributed by atoms with Crippen LogP contribution < -0.4 is 5.73 Å². The van der Waals surface area contributed by atoms with Gasteiger partial charge in [0.15, 0.2) is 0 Å². The number of unbranched alkanes of at least 4 members (excludes halogenated alkanes) is 3. The van der Waals surface area contributed by atoms with Crippen LogP contribution in [0, 0.1) is 0 Å². The summed E-state index contributed by atoms with van der Waals surface area (Å²) in [6, 6.07) is 7.39. The van der Waals surface area contributed by atoms with Crippen LogP contribution in [0.25, 0.3) is 0 Å². The molecule has 0 spiro atoms. The fraction of sp³-hybridized carbons (Fsp3) is 0.556. The number of amides is 2. The van der Waals surface area contributed by atoms with Gasteiger partial charge in [-0.2, -0.15) is 0 Å². The highest BCUT2D eigenvalue weighted by molar-refractivity contribution is 9.10. The lowest BCUT2D eigenvalue weighted by Crippen LogP contribution is -2.50. The maximum atomic E-state index is 12.5. The third-order valence-corrected chi connectivity index (χ3v) is 4.88. The summed E-state index contributed by atoms with van der Waals surface area (Å²) >= 11 is 3.37. The first kappa shape index (κ1) is 21.9. The van der Waals surface area contributed by atoms with Gasteiger partial charge in [0.25, 0.3) is 5.91 Å². The molecule has 5 nitrogen and oxygen atoms in total. The molecule has 2 N–H and O–H groups in total. The molecule has 7 heteroatoms. The standard InChI is InChI=1S/C18H26BrN3O2.ClH/c19-16-8-6-15(7-9-16)18(24)22-13-11-21(12-14-22)17(23)5-3-1-2-4-10-20;/h6-9H,1-5,10-14,20H2;1H. The Bertz CT molecular complexity index is 546. The highest BCUT2D eigenvalue weighted by atomic mass is 79.9. The van der Waals surface area contributed by atoms with Crippen molar-refractivity contribution in [3.8, 4) is 0 Å². The van der Waals surface area contributed by atoms with Crippen LogP contribution in [0.5, 0.6) is 0 Å². The number of hydrogen-bond acceptors (Lipinski definition) is 3. The Balaban J connectivity index is 0.00000312. The van der Waals surface area contributed by atoms with E-state index in [0.717, 1.165) is 36.7 Å². The highest BCUT2D eigenvalue weighted by Gasteiger charge is 2.24. The van der Waals surface area contributed by atoms with Crippen LogP contribution in [0.3, 0.4) is 0 Å². The van der Waals surface area contributed by atoms with Gasteiger partial charge in [-0.1, -0.05) is 28.8 Å². The molecule has 1 aromatic rings. The number of hydrogen-bond donors (Lipinski definition) is 1. The third kappa shape index (κ3) is 6.96. The smallest absolute Gasteiger partial charge is 0.253 e. The van der Waals surface area contributed by atoms with Crippen molar-refractivity contribution in [1.29, 1.82) is 0 Å². The van der Waals surface area contributed by atoms with Crippen molar-refractivity contribution in [2.45, 2.75) is 32.1 Å². The summed E-state index contributed by atoms with van der Waals surface area (Å²) in [5, 5.41) is 0. The van der Waals surface area contributed by atoms with Gasteiger partial charge in [-0.25, -0.2) is 0 Å². The van der Waals surface area contributed by atoms with Crippen molar-refractivity contribution in [1.82, 2.24) is 9.80 Å². The number of benzene rings is 1. The molecule has 2 rings (SSSR count). The molecule has 1 heterocycles. The maximum Gasteiger partial charge on any atom is 0.253 e. The molecule has 0 bridgehead atoms. The van der Waals surface area contributed by atoms with Gasteiger partial charge >= 0.3 is 0 Å². The first-order chi connectivity index (χ1) is 11.6. The second-order valence-electron chi connectivity index (χ2n) is 6.13. The van der Waals surface area contributed by atoms with Crippen LogP contribution in [0.15, 0.2) is 28.7 Å². The van der Waals surface area contributed by atoms with Crippen LogP contribution in [-0.2, 0) is 4.79 Å². The number of halogens is 2. The Kier molecular flexibility index (Phi) is 10.1. The lowest BCUT2D eigenvalue weighted by Gasteiger charge is -2.35. The Labute approximate surface area is 164 Å². The first-order valence-corrected chi connectivity index (χ1v) is 9.44. The Morgan fingerprint density at radius 2 is 1.48 bits per heavy atom. The molecule has 1 aromatic carbocycles. The summed E-state index contributed by atoms with van der Waals surface area (Å²) in [6.07, 6.45) is 4.72. The molecule has 0 saturated carbocycles. The molecule has 0 aromatic heterocycles. The van der Waals surface area contributed by atoms with Gasteiger partial charge < -0.3 is 15.5 Å². The lowest BCUT2D eigenvalue weighted by molar-refractivity contribution is -0.132. The number of carbonyl (C=O) groups excluding carboxylic acids is 2. The van der Waals surface area contributed by atoms with E-state index >= 15 is 0 Å². The number of piperazine rings is 1. The van der Waals surface area contributed by atoms with Gasteiger partial charge in [0.2, 0.25) is 5.91 Å². The van der Waals surface area contributed by atoms with E-state index in [1.54, 1.807) is 0 Å². The van der Waals surface area contributed by atoms with Crippen LogP contribution in [0.1, 0.15) is 42.5 Å². The summed E-state index contributed by atoms with van der Waals surface area (Å²) in [6.45, 7) is 3.19. The molecule has 140 valence electrons. The van der Waals surface area contributed by atoms with Gasteiger partial charge in [-0.3, -0.25) is 9.59 Å². The summed E-state index contributed by atoms with van der Waals surface area (Å²) in [5.74, 6) is 0.245. The molecule has 1 saturated heterocycles. The monoisotopic (exact) mass is 431 g/mol. The summed E-state index contributed by atoms with van der Waals surface area (Å²) in [5.41, 5.74) is 6.16. The zero-order chi connectivity index (χ0) is 17.4. The van der Waals surface area contributed by atoms with Crippen molar-refractivity contribution in [2.24, 2.45) is 5.73 Å². The van der Waals surface area contributed by atoms with Gasteiger partial charge in [0.1, 0.15) is 0 Å². The fourth-order valence-corrected chi connectivity index (χ4v) is 3.13. The largest absolute Gasteiger partial charge is 0.339 e. The molecule has 0 radical (unpaired) electrons. The summed E-state index contributed by atoms with van der Waals surface area (Å²) in [7, 11) is 0. The molecule has 1 aliphatic heterocycles. The van der Waals surface area contributed by atoms with E-state index in [1.807, 2.05) is 34.1 Å². The number of rotatable bonds is 7. The average molecular weight is 433 g/mol. The van der Waals surface area contributed by atoms with Crippen molar-refractivity contribution >= 4 is 40.2 Å². The van der Waals surface area contributed by atoms with Crippen LogP contribution in [0.2, 0.25) is 0 Å². The molecule has 1 fully saturated rings. The molecule has 25 heavy (non-hydrogen) atoms. The van der Waals surface area contributed by atoms with E-state index in [4.69, 9.17) is 5.73 Å². The number of nitrogens with two attached hydrogens (primary N) is 1. The molecule has 0 unspecified atom stereocenters. The van der Waals surface area contributed by atoms with Gasteiger partial charge in [-0.05, 0) is 43.7 Å². The average Bonchev–Trinajstić information content (AvgIpc) is 2.61. The fourth-order valence-electron chi connectivity index (χ4n) is 2.87. The Hall–Kier alpha value is -1.11. The predicted molar refractivity (Wildman–Crippen MR) is 106 cm³/mol. The zero-order valence-corrected chi connectivity index (χ0v) is 16.9. The molecule has 1 aliphatic rings. The predicted octanol–water partition coefficient (Wildman–Crippen LogP) is 3.06. The molecule has 0 aliphatic carbocycles. The van der Waals surface area contributed by atoms with Gasteiger partial charge in [0, 0.05) is 42.6 Å². The third-order valence-electron chi connectivity index (χ3n) is 4.36. The topological polar surface area (TPSA) is 66.6 Å². The molecular formula is C18H27BrClN3O2. The zero-order valence-electron chi connectivity index (χ0n) is 14.5. The van der Waals surface area contributed by atoms with E-state index < -0.39 is 0 Å². The van der Waals surface area contributed by atoms with Crippen LogP contribution in [-0.4, -0.2) is 54.3 Å². The SMILES string of the molecule is Cl.NCCCCCCC(=O)N1CCN(C(=O)c2ccc(Br)cc2)CC1. The van der Waals surface area contributed by atoms with Crippen molar-refractivity contribution in [3.05, 3.63) is 34.3 Å². The first-order valence-electron chi connectivity index (χ1n) is 8.64. The quantitative estimate of drug-likeness (QED) is 0.673. The molecular weight excluding hydrogens is 406 g/mol. The van der Waals surface area contributed by atoms with Gasteiger partial charge in [-0.15, -0.1) is 12.4 Å². The summed E-state index contributed by atoms with van der Waals surface area (Å²) < 4.78 is 0.959. The lowest BCUT2D eigenvalue weighted by atomic mass is 10.1. The minimum atomic E-state index is 0. The number of nitrogens with zero attached hydrogens (tertiary/aromatic N) is 2. The van der Waals surface area contributed by atoms with E-state index in [0.29, 0.717) is 38.2 Å². The highest BCUT2D eigenvalue weighted by Crippen LogP contribution is 2.14. The Morgan fingerprint density at radius 3 is 2.08 bits per heavy atom. The maximum absolute atomic E-state index is 12.5. The Morgan fingerprint density at radius 1 is 0.920 bits per heavy atom. The summed E-state index contributed by atoms with van der Waals surface area (Å²) in [4.78, 5) is 28.4. The van der Waals surface area contributed by atoms with E-state index in [2.05, 4.69) is 15.9 Å². The number of carbonyl (C=O) groups is 2. The van der Waals surface area contributed by atoms with E-state index in [-0.39, 0.29) is 24.2 Å². The second kappa shape index (κ2) is 11.5. The van der Waals surface area contributed by atoms with Crippen molar-refractivity contribution in [3.63, 3.8) is 0 Å². The normalized spacial score (nSPS) is 14.2. The van der Waals surface area contributed by atoms with Crippen LogP contribution >= 0.6 is 28.3 Å². The second-order valence-corrected chi connectivity index (χ2v) is 7.05. The minimum Gasteiger partial charge on any atom is -0.339 e. The molecule has 0 atom stereocenters. The van der Waals surface area contributed by atoms with E-state index in [1.165, 1.54) is 0 Å². The van der Waals surface area contributed by atoms with Crippen molar-refractivity contribution in [2.75, 3.05) is 32.7 Å².